The minimum atomic E-state index is 0.336. The van der Waals surface area contributed by atoms with Gasteiger partial charge in [0.25, 0.3) is 0 Å². The Bertz CT molecular complexity index is 174. The molecule has 1 saturated heterocycles. The predicted molar refractivity (Wildman–Crippen MR) is 56.7 cm³/mol. The number of unbranched alkanes of at least 4 members (excludes halogenated alkanes) is 1. The number of ketones is 1. The molecule has 0 amide bonds. The first kappa shape index (κ1) is 11.7. The Morgan fingerprint density at radius 3 is 2.36 bits per heavy atom. The molecule has 1 rings (SSSR count). The van der Waals surface area contributed by atoms with Crippen molar-refractivity contribution in [2.24, 2.45) is 0 Å². The third-order valence-electron chi connectivity index (χ3n) is 3.12. The molecule has 14 heavy (non-hydrogen) atoms. The van der Waals surface area contributed by atoms with Crippen molar-refractivity contribution in [1.82, 2.24) is 0 Å². The Morgan fingerprint density at radius 1 is 1.14 bits per heavy atom. The van der Waals surface area contributed by atoms with Gasteiger partial charge in [0.15, 0.2) is 0 Å². The first-order chi connectivity index (χ1) is 6.68. The van der Waals surface area contributed by atoms with Crippen molar-refractivity contribution in [3.63, 3.8) is 0 Å². The summed E-state index contributed by atoms with van der Waals surface area (Å²) in [7, 11) is 2.27. The molecular weight excluding hydrogens is 176 g/mol. The van der Waals surface area contributed by atoms with Crippen LogP contribution in [0.3, 0.4) is 0 Å². The standard InChI is InChI=1S/C11H22N2O/c1-11(14)5-3-4-6-13-9-7-12(2)8-10-13/h3-10H2,1-2H3/p+2. The van der Waals surface area contributed by atoms with Crippen molar-refractivity contribution >= 4 is 5.78 Å². The molecule has 1 aliphatic rings. The highest BCUT2D eigenvalue weighted by atomic mass is 16.1. The van der Waals surface area contributed by atoms with Crippen LogP contribution in [0.15, 0.2) is 0 Å². The molecule has 2 N–H and O–H groups in total. The van der Waals surface area contributed by atoms with Gasteiger partial charge < -0.3 is 14.6 Å². The van der Waals surface area contributed by atoms with Crippen LogP contribution in [0.1, 0.15) is 26.2 Å². The second-order valence-electron chi connectivity index (χ2n) is 4.62. The Balaban J connectivity index is 1.99. The van der Waals surface area contributed by atoms with E-state index in [9.17, 15) is 4.79 Å². The molecular formula is C11H24N2O+2. The molecule has 0 bridgehead atoms. The summed E-state index contributed by atoms with van der Waals surface area (Å²) in [5.41, 5.74) is 0. The lowest BCUT2D eigenvalue weighted by Crippen LogP contribution is -3.27. The van der Waals surface area contributed by atoms with Gasteiger partial charge in [0.05, 0.1) is 13.6 Å². The van der Waals surface area contributed by atoms with Gasteiger partial charge in [-0.1, -0.05) is 0 Å². The molecule has 0 saturated carbocycles. The van der Waals surface area contributed by atoms with E-state index in [0.717, 1.165) is 12.8 Å². The second kappa shape index (κ2) is 6.14. The first-order valence-electron chi connectivity index (χ1n) is 5.83. The topological polar surface area (TPSA) is 26.0 Å². The summed E-state index contributed by atoms with van der Waals surface area (Å²) in [6.45, 7) is 8.19. The molecule has 82 valence electrons. The fraction of sp³-hybridized carbons (Fsp3) is 0.909. The molecule has 0 radical (unpaired) electrons. The third kappa shape index (κ3) is 4.72. The lowest BCUT2D eigenvalue weighted by atomic mass is 10.2. The van der Waals surface area contributed by atoms with Gasteiger partial charge in [0, 0.05) is 6.42 Å². The molecule has 1 heterocycles. The van der Waals surface area contributed by atoms with Crippen LogP contribution in [0.5, 0.6) is 0 Å². The zero-order valence-electron chi connectivity index (χ0n) is 9.57. The highest BCUT2D eigenvalue weighted by molar-refractivity contribution is 5.75. The van der Waals surface area contributed by atoms with E-state index in [1.165, 1.54) is 39.1 Å². The summed E-state index contributed by atoms with van der Waals surface area (Å²) in [6.07, 6.45) is 3.08. The summed E-state index contributed by atoms with van der Waals surface area (Å²) in [6, 6.07) is 0. The van der Waals surface area contributed by atoms with Crippen molar-refractivity contribution in [2.75, 3.05) is 39.8 Å². The minimum Gasteiger partial charge on any atom is -0.328 e. The number of piperazine rings is 1. The number of nitrogens with one attached hydrogen (secondary N) is 2. The molecule has 0 spiro atoms. The van der Waals surface area contributed by atoms with Gasteiger partial charge in [-0.05, 0) is 19.8 Å². The molecule has 0 unspecified atom stereocenters. The van der Waals surface area contributed by atoms with Crippen LogP contribution in [0.2, 0.25) is 0 Å². The molecule has 0 aromatic carbocycles. The van der Waals surface area contributed by atoms with Gasteiger partial charge in [0.2, 0.25) is 0 Å². The maximum absolute atomic E-state index is 10.7. The lowest BCUT2D eigenvalue weighted by Gasteiger charge is -2.27. The summed E-state index contributed by atoms with van der Waals surface area (Å²) in [5, 5.41) is 0. The maximum atomic E-state index is 10.7. The van der Waals surface area contributed by atoms with E-state index in [-0.39, 0.29) is 0 Å². The number of likely N-dealkylation sites (N-methyl/N-ethyl adjacent to an activating group) is 1. The van der Waals surface area contributed by atoms with Gasteiger partial charge in [-0.15, -0.1) is 0 Å². The smallest absolute Gasteiger partial charge is 0.129 e. The van der Waals surface area contributed by atoms with Crippen molar-refractivity contribution in [2.45, 2.75) is 26.2 Å². The van der Waals surface area contributed by atoms with Gasteiger partial charge in [-0.3, -0.25) is 0 Å². The van der Waals surface area contributed by atoms with Crippen LogP contribution < -0.4 is 9.80 Å². The number of Topliss-reactive ketones (excluding diaryl/α,β-unsaturated/α-hetero) is 1. The fourth-order valence-electron chi connectivity index (χ4n) is 2.03. The molecule has 3 nitrogen and oxygen atoms in total. The Morgan fingerprint density at radius 2 is 1.79 bits per heavy atom. The van der Waals surface area contributed by atoms with E-state index in [2.05, 4.69) is 7.05 Å². The number of carbonyl (C=O) groups excluding carboxylic acids is 1. The minimum absolute atomic E-state index is 0.336. The normalized spacial score (nSPS) is 27.6. The number of hydrogen-bond acceptors (Lipinski definition) is 1. The van der Waals surface area contributed by atoms with Crippen molar-refractivity contribution in [3.8, 4) is 0 Å². The third-order valence-corrected chi connectivity index (χ3v) is 3.12. The summed E-state index contributed by atoms with van der Waals surface area (Å²) in [4.78, 5) is 14.1. The summed E-state index contributed by atoms with van der Waals surface area (Å²) >= 11 is 0. The average Bonchev–Trinajstić information content (AvgIpc) is 2.15. The number of quaternary nitrogens is 2. The van der Waals surface area contributed by atoms with Gasteiger partial charge in [-0.2, -0.15) is 0 Å². The molecule has 0 aromatic rings. The SMILES string of the molecule is CC(=O)CCCC[NH+]1CC[NH+](C)CC1. The highest BCUT2D eigenvalue weighted by Gasteiger charge is 2.18. The quantitative estimate of drug-likeness (QED) is 0.501. The maximum Gasteiger partial charge on any atom is 0.129 e. The molecule has 1 fully saturated rings. The average molecular weight is 200 g/mol. The molecule has 0 aromatic heterocycles. The fourth-order valence-corrected chi connectivity index (χ4v) is 2.03. The molecule has 0 atom stereocenters. The van der Waals surface area contributed by atoms with E-state index < -0.39 is 0 Å². The monoisotopic (exact) mass is 200 g/mol. The van der Waals surface area contributed by atoms with Crippen molar-refractivity contribution in [3.05, 3.63) is 0 Å². The number of hydrogen-bond donors (Lipinski definition) is 2. The van der Waals surface area contributed by atoms with Crippen LogP contribution in [-0.4, -0.2) is 45.6 Å². The number of rotatable bonds is 5. The van der Waals surface area contributed by atoms with Gasteiger partial charge in [-0.25, -0.2) is 0 Å². The van der Waals surface area contributed by atoms with Crippen LogP contribution in [-0.2, 0) is 4.79 Å². The van der Waals surface area contributed by atoms with Crippen LogP contribution in [0.25, 0.3) is 0 Å². The predicted octanol–water partition coefficient (Wildman–Crippen LogP) is -1.84. The highest BCUT2D eigenvalue weighted by Crippen LogP contribution is 1.93. The van der Waals surface area contributed by atoms with Crippen LogP contribution in [0, 0.1) is 0 Å². The molecule has 1 aliphatic heterocycles. The van der Waals surface area contributed by atoms with Crippen LogP contribution in [0.4, 0.5) is 0 Å². The van der Waals surface area contributed by atoms with E-state index in [0.29, 0.717) is 5.78 Å². The van der Waals surface area contributed by atoms with E-state index in [4.69, 9.17) is 0 Å². The molecule has 0 aliphatic carbocycles. The molecule has 3 heteroatoms. The van der Waals surface area contributed by atoms with E-state index in [1.54, 1.807) is 16.7 Å². The van der Waals surface area contributed by atoms with Gasteiger partial charge in [0.1, 0.15) is 32.0 Å². The largest absolute Gasteiger partial charge is 0.328 e. The van der Waals surface area contributed by atoms with Crippen molar-refractivity contribution in [1.29, 1.82) is 0 Å². The second-order valence-corrected chi connectivity index (χ2v) is 4.62. The summed E-state index contributed by atoms with van der Waals surface area (Å²) in [5.74, 6) is 0.336. The van der Waals surface area contributed by atoms with Crippen LogP contribution >= 0.6 is 0 Å². The van der Waals surface area contributed by atoms with Crippen molar-refractivity contribution < 1.29 is 14.6 Å². The van der Waals surface area contributed by atoms with E-state index in [1.807, 2.05) is 0 Å². The first-order valence-corrected chi connectivity index (χ1v) is 5.83. The Labute approximate surface area is 87.1 Å². The Hall–Kier alpha value is -0.410. The Kier molecular flexibility index (Phi) is 5.12. The summed E-state index contributed by atoms with van der Waals surface area (Å²) < 4.78 is 0. The zero-order valence-corrected chi connectivity index (χ0v) is 9.57. The zero-order chi connectivity index (χ0) is 10.4. The van der Waals surface area contributed by atoms with E-state index >= 15 is 0 Å². The number of carbonyl (C=O) groups is 1. The lowest BCUT2D eigenvalue weighted by molar-refractivity contribution is -1.00. The van der Waals surface area contributed by atoms with Gasteiger partial charge >= 0.3 is 0 Å².